The molecule has 1 aromatic carbocycles. The number of hydrogen-bond donors (Lipinski definition) is 0. The van der Waals surface area contributed by atoms with Gasteiger partial charge in [-0.25, -0.2) is 0 Å². The molecule has 0 aromatic heterocycles. The van der Waals surface area contributed by atoms with Crippen molar-refractivity contribution in [1.29, 1.82) is 0 Å². The minimum absolute atomic E-state index is 0.0706. The molecule has 0 aliphatic rings. The summed E-state index contributed by atoms with van der Waals surface area (Å²) in [5.74, 6) is -1.84. The second-order valence-electron chi connectivity index (χ2n) is 2.88. The molecule has 0 aliphatic carbocycles. The molecule has 86 valence electrons. The van der Waals surface area contributed by atoms with Gasteiger partial charge < -0.3 is 4.74 Å². The first-order valence-electron chi connectivity index (χ1n) is 4.15. The normalized spacial score (nSPS) is 9.94. The number of carbonyl (C=O) groups excluding carboxylic acids is 1. The van der Waals surface area contributed by atoms with E-state index < -0.39 is 22.4 Å². The zero-order valence-electron chi connectivity index (χ0n) is 8.20. The lowest BCUT2D eigenvalue weighted by Crippen LogP contribution is -2.08. The molecule has 0 fully saturated rings. The van der Waals surface area contributed by atoms with Crippen LogP contribution in [0.1, 0.15) is 5.56 Å². The smallest absolute Gasteiger partial charge is 0.310 e. The maximum Gasteiger partial charge on any atom is 0.310 e. The second kappa shape index (κ2) is 4.89. The highest BCUT2D eigenvalue weighted by atomic mass is 35.5. The molecular formula is C9H7ClFNO4. The van der Waals surface area contributed by atoms with Crippen molar-refractivity contribution in [3.63, 3.8) is 0 Å². The second-order valence-corrected chi connectivity index (χ2v) is 3.29. The van der Waals surface area contributed by atoms with E-state index >= 15 is 0 Å². The van der Waals surface area contributed by atoms with Crippen LogP contribution >= 0.6 is 11.6 Å². The van der Waals surface area contributed by atoms with Gasteiger partial charge in [0.05, 0.1) is 23.5 Å². The van der Waals surface area contributed by atoms with Crippen LogP contribution in [0.25, 0.3) is 0 Å². The summed E-state index contributed by atoms with van der Waals surface area (Å²) in [7, 11) is 1.14. The van der Waals surface area contributed by atoms with Gasteiger partial charge in [0.1, 0.15) is 0 Å². The predicted molar refractivity (Wildman–Crippen MR) is 53.8 cm³/mol. The number of carbonyl (C=O) groups is 1. The van der Waals surface area contributed by atoms with E-state index in [4.69, 9.17) is 11.6 Å². The fourth-order valence-electron chi connectivity index (χ4n) is 1.15. The number of rotatable bonds is 3. The standard InChI is InChI=1S/C9H7ClFNO4/c1-16-7(13)4-5-2-3-6(10)8(11)9(5)12(14)15/h2-3H,4H2,1H3. The van der Waals surface area contributed by atoms with Crippen LogP contribution in [0.2, 0.25) is 5.02 Å². The van der Waals surface area contributed by atoms with Gasteiger partial charge in [0.2, 0.25) is 5.82 Å². The molecule has 7 heteroatoms. The van der Waals surface area contributed by atoms with Gasteiger partial charge in [0.25, 0.3) is 0 Å². The van der Waals surface area contributed by atoms with Gasteiger partial charge in [-0.15, -0.1) is 0 Å². The molecule has 0 unspecified atom stereocenters. The summed E-state index contributed by atoms with van der Waals surface area (Å²) in [5, 5.41) is 10.3. The van der Waals surface area contributed by atoms with Gasteiger partial charge in [-0.2, -0.15) is 4.39 Å². The Morgan fingerprint density at radius 2 is 2.25 bits per heavy atom. The Morgan fingerprint density at radius 3 is 2.75 bits per heavy atom. The van der Waals surface area contributed by atoms with Gasteiger partial charge in [-0.05, 0) is 12.1 Å². The molecule has 0 saturated carbocycles. The third kappa shape index (κ3) is 2.46. The Hall–Kier alpha value is -1.69. The van der Waals surface area contributed by atoms with E-state index in [2.05, 4.69) is 4.74 Å². The number of benzene rings is 1. The van der Waals surface area contributed by atoms with Crippen molar-refractivity contribution in [2.24, 2.45) is 0 Å². The van der Waals surface area contributed by atoms with E-state index in [1.165, 1.54) is 6.07 Å². The number of nitro groups is 1. The van der Waals surface area contributed by atoms with Crippen molar-refractivity contribution in [1.82, 2.24) is 0 Å². The van der Waals surface area contributed by atoms with Crippen molar-refractivity contribution >= 4 is 23.3 Å². The zero-order chi connectivity index (χ0) is 12.3. The average molecular weight is 248 g/mol. The zero-order valence-corrected chi connectivity index (χ0v) is 8.95. The molecule has 0 bridgehead atoms. The minimum atomic E-state index is -1.15. The van der Waals surface area contributed by atoms with Crippen molar-refractivity contribution in [2.75, 3.05) is 7.11 Å². The number of hydrogen-bond acceptors (Lipinski definition) is 4. The van der Waals surface area contributed by atoms with E-state index in [0.29, 0.717) is 0 Å². The summed E-state index contributed by atoms with van der Waals surface area (Å²) in [6, 6.07) is 2.38. The molecule has 0 aliphatic heterocycles. The van der Waals surface area contributed by atoms with E-state index in [1.807, 2.05) is 0 Å². The highest BCUT2D eigenvalue weighted by Crippen LogP contribution is 2.28. The summed E-state index contributed by atoms with van der Waals surface area (Å²) in [6.45, 7) is 0. The first kappa shape index (κ1) is 12.4. The van der Waals surface area contributed by atoms with Gasteiger partial charge in [-0.3, -0.25) is 14.9 Å². The Labute approximate surface area is 94.9 Å². The number of methoxy groups -OCH3 is 1. The molecule has 0 spiro atoms. The molecule has 0 amide bonds. The van der Waals surface area contributed by atoms with Crippen molar-refractivity contribution in [3.8, 4) is 0 Å². The quantitative estimate of drug-likeness (QED) is 0.466. The van der Waals surface area contributed by atoms with Gasteiger partial charge in [-0.1, -0.05) is 11.6 Å². The first-order chi connectivity index (χ1) is 7.47. The number of nitrogens with zero attached hydrogens (tertiary/aromatic N) is 1. The highest BCUT2D eigenvalue weighted by molar-refractivity contribution is 6.31. The Morgan fingerprint density at radius 1 is 1.62 bits per heavy atom. The fraction of sp³-hybridized carbons (Fsp3) is 0.222. The molecule has 0 atom stereocenters. The van der Waals surface area contributed by atoms with Crippen LogP contribution in [0.5, 0.6) is 0 Å². The fourth-order valence-corrected chi connectivity index (χ4v) is 1.30. The molecule has 0 heterocycles. The molecule has 0 saturated heterocycles. The van der Waals surface area contributed by atoms with Crippen LogP contribution in [0, 0.1) is 15.9 Å². The maximum absolute atomic E-state index is 13.3. The first-order valence-corrected chi connectivity index (χ1v) is 4.53. The maximum atomic E-state index is 13.3. The molecule has 1 aromatic rings. The third-order valence-corrected chi connectivity index (χ3v) is 2.19. The van der Waals surface area contributed by atoms with E-state index in [1.54, 1.807) is 0 Å². The summed E-state index contributed by atoms with van der Waals surface area (Å²) >= 11 is 5.40. The molecular weight excluding hydrogens is 241 g/mol. The van der Waals surface area contributed by atoms with Crippen LogP contribution in [-0.2, 0) is 16.0 Å². The van der Waals surface area contributed by atoms with Crippen LogP contribution < -0.4 is 0 Å². The number of ether oxygens (including phenoxy) is 1. The SMILES string of the molecule is COC(=O)Cc1ccc(Cl)c(F)c1[N+](=O)[O-]. The van der Waals surface area contributed by atoms with E-state index in [0.717, 1.165) is 13.2 Å². The monoisotopic (exact) mass is 247 g/mol. The largest absolute Gasteiger partial charge is 0.469 e. The van der Waals surface area contributed by atoms with Crippen LogP contribution in [-0.4, -0.2) is 18.0 Å². The number of nitro benzene ring substituents is 1. The van der Waals surface area contributed by atoms with Crippen LogP contribution in [0.15, 0.2) is 12.1 Å². The average Bonchev–Trinajstić information content (AvgIpc) is 2.23. The minimum Gasteiger partial charge on any atom is -0.469 e. The van der Waals surface area contributed by atoms with Crippen molar-refractivity contribution < 1.29 is 18.8 Å². The van der Waals surface area contributed by atoms with Gasteiger partial charge in [0, 0.05) is 5.56 Å². The topological polar surface area (TPSA) is 69.4 Å². The molecule has 1 rings (SSSR count). The van der Waals surface area contributed by atoms with Gasteiger partial charge >= 0.3 is 11.7 Å². The van der Waals surface area contributed by atoms with E-state index in [-0.39, 0.29) is 17.0 Å². The Bertz CT molecular complexity index is 449. The molecule has 16 heavy (non-hydrogen) atoms. The van der Waals surface area contributed by atoms with Crippen molar-refractivity contribution in [3.05, 3.63) is 38.7 Å². The molecule has 0 N–H and O–H groups in total. The lowest BCUT2D eigenvalue weighted by atomic mass is 10.1. The molecule has 0 radical (unpaired) electrons. The summed E-state index contributed by atoms with van der Waals surface area (Å²) < 4.78 is 17.7. The van der Waals surface area contributed by atoms with Crippen LogP contribution in [0.4, 0.5) is 10.1 Å². The predicted octanol–water partition coefficient (Wildman–Crippen LogP) is 2.10. The Balaban J connectivity index is 3.23. The highest BCUT2D eigenvalue weighted by Gasteiger charge is 2.24. The summed E-state index contributed by atoms with van der Waals surface area (Å²) in [4.78, 5) is 20.7. The lowest BCUT2D eigenvalue weighted by molar-refractivity contribution is -0.388. The lowest BCUT2D eigenvalue weighted by Gasteiger charge is -2.03. The molecule has 5 nitrogen and oxygen atoms in total. The Kier molecular flexibility index (Phi) is 3.78. The number of halogens is 2. The summed E-state index contributed by atoms with van der Waals surface area (Å²) in [5.41, 5.74) is -0.864. The van der Waals surface area contributed by atoms with Gasteiger partial charge in [0.15, 0.2) is 0 Å². The number of esters is 1. The summed E-state index contributed by atoms with van der Waals surface area (Å²) in [6.07, 6.45) is -0.374. The van der Waals surface area contributed by atoms with E-state index in [9.17, 15) is 19.3 Å². The van der Waals surface area contributed by atoms with Crippen molar-refractivity contribution in [2.45, 2.75) is 6.42 Å². The van der Waals surface area contributed by atoms with Crippen LogP contribution in [0.3, 0.4) is 0 Å². The third-order valence-electron chi connectivity index (χ3n) is 1.90.